The molecule has 1 aliphatic heterocycles. The van der Waals surface area contributed by atoms with E-state index in [-0.39, 0.29) is 6.10 Å². The maximum atomic E-state index is 5.57. The molecule has 1 heterocycles. The Balaban J connectivity index is 1.56. The molecule has 1 aliphatic rings. The van der Waals surface area contributed by atoms with Gasteiger partial charge in [-0.05, 0) is 12.5 Å². The molecule has 3 heteroatoms. The second-order valence-corrected chi connectivity index (χ2v) is 4.10. The predicted molar refractivity (Wildman–Crippen MR) is 61.3 cm³/mol. The van der Waals surface area contributed by atoms with Crippen LogP contribution in [-0.2, 0) is 20.8 Å². The standard InChI is InChI=1S/C13H18O3/c1-11(15-9-13-10-16-13)7-14-8-12-5-3-2-4-6-12/h2-6,11,13H,7-10H2,1H3/t11-,13-/m1/s1. The van der Waals surface area contributed by atoms with Crippen molar-refractivity contribution in [3.63, 3.8) is 0 Å². The number of rotatable bonds is 7. The number of hydrogen-bond acceptors (Lipinski definition) is 3. The van der Waals surface area contributed by atoms with Gasteiger partial charge in [-0.1, -0.05) is 30.3 Å². The maximum absolute atomic E-state index is 5.57. The van der Waals surface area contributed by atoms with Crippen molar-refractivity contribution in [2.45, 2.75) is 25.7 Å². The summed E-state index contributed by atoms with van der Waals surface area (Å²) >= 11 is 0. The zero-order valence-electron chi connectivity index (χ0n) is 9.59. The van der Waals surface area contributed by atoms with Gasteiger partial charge in [-0.25, -0.2) is 0 Å². The highest BCUT2D eigenvalue weighted by Crippen LogP contribution is 2.10. The van der Waals surface area contributed by atoms with Crippen LogP contribution in [0, 0.1) is 0 Å². The normalized spacial score (nSPS) is 20.7. The van der Waals surface area contributed by atoms with Gasteiger partial charge in [-0.15, -0.1) is 0 Å². The quantitative estimate of drug-likeness (QED) is 0.661. The summed E-state index contributed by atoms with van der Waals surface area (Å²) < 4.78 is 16.2. The molecule has 0 bridgehead atoms. The van der Waals surface area contributed by atoms with Crippen LogP contribution in [-0.4, -0.2) is 32.0 Å². The first-order valence-corrected chi connectivity index (χ1v) is 5.69. The summed E-state index contributed by atoms with van der Waals surface area (Å²) in [6, 6.07) is 10.2. The van der Waals surface area contributed by atoms with Crippen LogP contribution in [0.4, 0.5) is 0 Å². The molecule has 2 rings (SSSR count). The van der Waals surface area contributed by atoms with Gasteiger partial charge in [0.25, 0.3) is 0 Å². The minimum atomic E-state index is 0.132. The Morgan fingerprint density at radius 1 is 1.38 bits per heavy atom. The van der Waals surface area contributed by atoms with Crippen molar-refractivity contribution in [1.82, 2.24) is 0 Å². The van der Waals surface area contributed by atoms with Crippen LogP contribution in [0.5, 0.6) is 0 Å². The molecule has 0 saturated carbocycles. The lowest BCUT2D eigenvalue weighted by atomic mass is 10.2. The Morgan fingerprint density at radius 3 is 2.81 bits per heavy atom. The second-order valence-electron chi connectivity index (χ2n) is 4.10. The Hall–Kier alpha value is -0.900. The lowest BCUT2D eigenvalue weighted by Crippen LogP contribution is -2.18. The fourth-order valence-electron chi connectivity index (χ4n) is 1.40. The van der Waals surface area contributed by atoms with Crippen molar-refractivity contribution in [1.29, 1.82) is 0 Å². The van der Waals surface area contributed by atoms with Crippen LogP contribution in [0.15, 0.2) is 30.3 Å². The first kappa shape index (κ1) is 11.6. The van der Waals surface area contributed by atoms with Crippen LogP contribution < -0.4 is 0 Å². The van der Waals surface area contributed by atoms with Crippen molar-refractivity contribution in [3.8, 4) is 0 Å². The van der Waals surface area contributed by atoms with E-state index in [9.17, 15) is 0 Å². The summed E-state index contributed by atoms with van der Waals surface area (Å²) in [6.07, 6.45) is 0.462. The van der Waals surface area contributed by atoms with E-state index in [1.807, 2.05) is 25.1 Å². The Morgan fingerprint density at radius 2 is 2.12 bits per heavy atom. The summed E-state index contributed by atoms with van der Waals surface area (Å²) in [5, 5.41) is 0. The molecule has 0 spiro atoms. The highest BCUT2D eigenvalue weighted by Gasteiger charge is 2.23. The van der Waals surface area contributed by atoms with Gasteiger partial charge in [-0.3, -0.25) is 0 Å². The number of hydrogen-bond donors (Lipinski definition) is 0. The fraction of sp³-hybridized carbons (Fsp3) is 0.538. The first-order chi connectivity index (χ1) is 7.84. The third-order valence-corrected chi connectivity index (χ3v) is 2.43. The Bertz CT molecular complexity index is 295. The molecule has 1 aromatic carbocycles. The van der Waals surface area contributed by atoms with Gasteiger partial charge in [0, 0.05) is 0 Å². The van der Waals surface area contributed by atoms with E-state index in [1.165, 1.54) is 5.56 Å². The molecule has 1 fully saturated rings. The Kier molecular flexibility index (Phi) is 4.34. The largest absolute Gasteiger partial charge is 0.374 e. The van der Waals surface area contributed by atoms with Gasteiger partial charge in [0.05, 0.1) is 32.5 Å². The molecule has 88 valence electrons. The van der Waals surface area contributed by atoms with E-state index >= 15 is 0 Å². The summed E-state index contributed by atoms with van der Waals surface area (Å²) in [6.45, 7) is 4.83. The monoisotopic (exact) mass is 222 g/mol. The molecule has 0 radical (unpaired) electrons. The zero-order chi connectivity index (χ0) is 11.2. The number of ether oxygens (including phenoxy) is 3. The minimum absolute atomic E-state index is 0.132. The van der Waals surface area contributed by atoms with E-state index < -0.39 is 0 Å². The van der Waals surface area contributed by atoms with Gasteiger partial charge in [0.2, 0.25) is 0 Å². The highest BCUT2D eigenvalue weighted by molar-refractivity contribution is 5.13. The van der Waals surface area contributed by atoms with Gasteiger partial charge >= 0.3 is 0 Å². The topological polar surface area (TPSA) is 31.0 Å². The van der Waals surface area contributed by atoms with Crippen molar-refractivity contribution < 1.29 is 14.2 Å². The third kappa shape index (κ3) is 4.31. The molecule has 0 amide bonds. The number of benzene rings is 1. The molecule has 0 N–H and O–H groups in total. The lowest BCUT2D eigenvalue weighted by molar-refractivity contribution is -0.0166. The van der Waals surface area contributed by atoms with Crippen molar-refractivity contribution in [2.75, 3.05) is 19.8 Å². The average molecular weight is 222 g/mol. The van der Waals surface area contributed by atoms with Crippen molar-refractivity contribution in [3.05, 3.63) is 35.9 Å². The molecule has 0 aromatic heterocycles. The molecular formula is C13H18O3. The molecule has 0 aliphatic carbocycles. The molecule has 1 saturated heterocycles. The van der Waals surface area contributed by atoms with Crippen LogP contribution in [0.3, 0.4) is 0 Å². The molecule has 3 nitrogen and oxygen atoms in total. The first-order valence-electron chi connectivity index (χ1n) is 5.69. The molecular weight excluding hydrogens is 204 g/mol. The summed E-state index contributed by atoms with van der Waals surface area (Å²) in [7, 11) is 0. The maximum Gasteiger partial charge on any atom is 0.104 e. The van der Waals surface area contributed by atoms with E-state index in [2.05, 4.69) is 12.1 Å². The second kappa shape index (κ2) is 5.99. The van der Waals surface area contributed by atoms with E-state index in [0.29, 0.717) is 25.9 Å². The van der Waals surface area contributed by atoms with E-state index in [4.69, 9.17) is 14.2 Å². The van der Waals surface area contributed by atoms with Gasteiger partial charge in [0.15, 0.2) is 0 Å². The average Bonchev–Trinajstić information content (AvgIpc) is 3.12. The summed E-state index contributed by atoms with van der Waals surface area (Å²) in [5.41, 5.74) is 1.19. The summed E-state index contributed by atoms with van der Waals surface area (Å²) in [5.74, 6) is 0. The van der Waals surface area contributed by atoms with E-state index in [0.717, 1.165) is 6.61 Å². The van der Waals surface area contributed by atoms with Crippen molar-refractivity contribution in [2.24, 2.45) is 0 Å². The van der Waals surface area contributed by atoms with Crippen molar-refractivity contribution >= 4 is 0 Å². The Labute approximate surface area is 96.3 Å². The van der Waals surface area contributed by atoms with Crippen LogP contribution >= 0.6 is 0 Å². The predicted octanol–water partition coefficient (Wildman–Crippen LogP) is 2.01. The zero-order valence-corrected chi connectivity index (χ0v) is 9.59. The fourth-order valence-corrected chi connectivity index (χ4v) is 1.40. The molecule has 1 aromatic rings. The van der Waals surface area contributed by atoms with Gasteiger partial charge in [0.1, 0.15) is 6.10 Å². The molecule has 0 unspecified atom stereocenters. The van der Waals surface area contributed by atoms with Gasteiger partial charge < -0.3 is 14.2 Å². The smallest absolute Gasteiger partial charge is 0.104 e. The third-order valence-electron chi connectivity index (χ3n) is 2.43. The minimum Gasteiger partial charge on any atom is -0.374 e. The molecule has 2 atom stereocenters. The lowest BCUT2D eigenvalue weighted by Gasteiger charge is -2.12. The summed E-state index contributed by atoms with van der Waals surface area (Å²) in [4.78, 5) is 0. The highest BCUT2D eigenvalue weighted by atomic mass is 16.6. The van der Waals surface area contributed by atoms with Crippen LogP contribution in [0.1, 0.15) is 12.5 Å². The van der Waals surface area contributed by atoms with Crippen LogP contribution in [0.25, 0.3) is 0 Å². The van der Waals surface area contributed by atoms with E-state index in [1.54, 1.807) is 0 Å². The van der Waals surface area contributed by atoms with Gasteiger partial charge in [-0.2, -0.15) is 0 Å². The SMILES string of the molecule is C[C@H](COCc1ccccc1)OC[C@@H]1CO1. The van der Waals surface area contributed by atoms with Crippen LogP contribution in [0.2, 0.25) is 0 Å². The molecule has 16 heavy (non-hydrogen) atoms. The number of epoxide rings is 1.